The van der Waals surface area contributed by atoms with E-state index in [2.05, 4.69) is 4.98 Å². The van der Waals surface area contributed by atoms with E-state index in [0.717, 1.165) is 0 Å². The molecule has 4 rings (SSSR count). The summed E-state index contributed by atoms with van der Waals surface area (Å²) in [7, 11) is 0. The number of hydrogen-bond acceptors (Lipinski definition) is 7. The molecule has 0 bridgehead atoms. The molecule has 8 nitrogen and oxygen atoms in total. The molecule has 32 heavy (non-hydrogen) atoms. The zero-order chi connectivity index (χ0) is 22.6. The van der Waals surface area contributed by atoms with E-state index < -0.39 is 5.60 Å². The number of hydrogen-bond donors (Lipinski definition) is 0. The third-order valence-electron chi connectivity index (χ3n) is 5.61. The Labute approximate surface area is 196 Å². The molecule has 10 heteroatoms. The molecule has 2 aliphatic heterocycles. The quantitative estimate of drug-likeness (QED) is 0.633. The first-order valence-corrected chi connectivity index (χ1v) is 11.8. The van der Waals surface area contributed by atoms with Crippen molar-refractivity contribution in [3.05, 3.63) is 45.4 Å². The summed E-state index contributed by atoms with van der Waals surface area (Å²) in [6, 6.07) is 7.08. The van der Waals surface area contributed by atoms with E-state index in [1.54, 1.807) is 39.6 Å². The summed E-state index contributed by atoms with van der Waals surface area (Å²) in [4.78, 5) is 34.6. The maximum absolute atomic E-state index is 13.1. The van der Waals surface area contributed by atoms with Crippen molar-refractivity contribution in [1.82, 2.24) is 14.8 Å². The molecule has 2 amide bonds. The lowest BCUT2D eigenvalue weighted by atomic mass is 9.96. The number of aryl methyl sites for hydroxylation is 1. The summed E-state index contributed by atoms with van der Waals surface area (Å²) in [6.45, 7) is 5.09. The number of carbonyl (C=O) groups is 2. The molecule has 2 aliphatic rings. The van der Waals surface area contributed by atoms with Crippen LogP contribution in [0.5, 0.6) is 5.75 Å². The summed E-state index contributed by atoms with van der Waals surface area (Å²) in [5.74, 6) is 0.451. The molecule has 3 heterocycles. The van der Waals surface area contributed by atoms with Crippen molar-refractivity contribution in [2.45, 2.75) is 18.9 Å². The number of halogens is 1. The van der Waals surface area contributed by atoms with Crippen molar-refractivity contribution >= 4 is 34.8 Å². The lowest BCUT2D eigenvalue weighted by molar-refractivity contribution is -0.155. The van der Waals surface area contributed by atoms with E-state index in [1.165, 1.54) is 11.3 Å². The molecule has 2 aromatic rings. The number of rotatable bonds is 6. The number of benzene rings is 1. The summed E-state index contributed by atoms with van der Waals surface area (Å²) in [6.07, 6.45) is 0.110. The first-order valence-electron chi connectivity index (χ1n) is 10.5. The van der Waals surface area contributed by atoms with Crippen molar-refractivity contribution in [1.29, 1.82) is 0 Å². The molecule has 1 aromatic heterocycles. The topological polar surface area (TPSA) is 81.2 Å². The molecule has 2 saturated heterocycles. The zero-order valence-electron chi connectivity index (χ0n) is 17.9. The number of ether oxygens (including phenoxy) is 3. The summed E-state index contributed by atoms with van der Waals surface area (Å²) in [5, 5.41) is 0.558. The molecular weight excluding hydrogens is 454 g/mol. The van der Waals surface area contributed by atoms with Gasteiger partial charge in [-0.2, -0.15) is 0 Å². The summed E-state index contributed by atoms with van der Waals surface area (Å²) >= 11 is 7.40. The van der Waals surface area contributed by atoms with Crippen LogP contribution in [-0.2, 0) is 14.3 Å². The second kappa shape index (κ2) is 10.2. The molecule has 172 valence electrons. The number of thiazole rings is 1. The van der Waals surface area contributed by atoms with Gasteiger partial charge in [0.2, 0.25) is 5.91 Å². The second-order valence-corrected chi connectivity index (χ2v) is 9.23. The first kappa shape index (κ1) is 23.0. The van der Waals surface area contributed by atoms with E-state index in [-0.39, 0.29) is 31.4 Å². The lowest BCUT2D eigenvalue weighted by Crippen LogP contribution is -2.58. The van der Waals surface area contributed by atoms with Gasteiger partial charge in [-0.3, -0.25) is 9.59 Å². The van der Waals surface area contributed by atoms with Crippen LogP contribution in [0.4, 0.5) is 0 Å². The fraction of sp³-hybridized carbons (Fsp3) is 0.500. The van der Waals surface area contributed by atoms with Gasteiger partial charge in [0.1, 0.15) is 22.8 Å². The zero-order valence-corrected chi connectivity index (χ0v) is 19.5. The fourth-order valence-electron chi connectivity index (χ4n) is 3.89. The molecule has 0 saturated carbocycles. The maximum Gasteiger partial charge on any atom is 0.266 e. The van der Waals surface area contributed by atoms with Crippen LogP contribution in [-0.4, -0.2) is 84.8 Å². The van der Waals surface area contributed by atoms with Crippen LogP contribution in [0.3, 0.4) is 0 Å². The molecule has 0 N–H and O–H groups in total. The van der Waals surface area contributed by atoms with Gasteiger partial charge in [-0.1, -0.05) is 17.7 Å². The molecule has 0 aliphatic carbocycles. The number of morpholine rings is 2. The number of amides is 2. The van der Waals surface area contributed by atoms with Gasteiger partial charge in [-0.05, 0) is 25.1 Å². The lowest BCUT2D eigenvalue weighted by Gasteiger charge is -2.43. The highest BCUT2D eigenvalue weighted by Crippen LogP contribution is 2.28. The minimum Gasteiger partial charge on any atom is -0.490 e. The summed E-state index contributed by atoms with van der Waals surface area (Å²) < 4.78 is 17.5. The Morgan fingerprint density at radius 1 is 1.22 bits per heavy atom. The van der Waals surface area contributed by atoms with Crippen LogP contribution in [0.1, 0.15) is 21.8 Å². The van der Waals surface area contributed by atoms with E-state index in [0.29, 0.717) is 60.8 Å². The Morgan fingerprint density at radius 2 is 2.00 bits per heavy atom. The van der Waals surface area contributed by atoms with Gasteiger partial charge in [0.15, 0.2) is 0 Å². The van der Waals surface area contributed by atoms with Gasteiger partial charge in [0.25, 0.3) is 5.91 Å². The highest BCUT2D eigenvalue weighted by molar-refractivity contribution is 7.11. The van der Waals surface area contributed by atoms with Crippen LogP contribution in [0.2, 0.25) is 5.02 Å². The van der Waals surface area contributed by atoms with E-state index in [9.17, 15) is 9.59 Å². The Kier molecular flexibility index (Phi) is 7.30. The first-order chi connectivity index (χ1) is 15.5. The monoisotopic (exact) mass is 479 g/mol. The van der Waals surface area contributed by atoms with Gasteiger partial charge in [-0.15, -0.1) is 11.3 Å². The highest BCUT2D eigenvalue weighted by Gasteiger charge is 2.43. The molecule has 1 unspecified atom stereocenters. The number of nitrogens with zero attached hydrogens (tertiary/aromatic N) is 3. The number of aromatic nitrogens is 1. The Hall–Kier alpha value is -2.20. The van der Waals surface area contributed by atoms with Gasteiger partial charge in [0, 0.05) is 24.7 Å². The van der Waals surface area contributed by atoms with Gasteiger partial charge in [-0.25, -0.2) is 4.98 Å². The van der Waals surface area contributed by atoms with E-state index >= 15 is 0 Å². The SMILES string of the molecule is Cc1ncsc1C(=O)N1CCOC(COc2cccc(Cl)c2)(CC(=O)N2CCOCC2)C1. The third kappa shape index (κ3) is 5.40. The van der Waals surface area contributed by atoms with Crippen LogP contribution < -0.4 is 4.74 Å². The van der Waals surface area contributed by atoms with Crippen LogP contribution in [0.15, 0.2) is 29.8 Å². The van der Waals surface area contributed by atoms with Crippen molar-refractivity contribution in [2.24, 2.45) is 0 Å². The molecule has 1 aromatic carbocycles. The maximum atomic E-state index is 13.1. The predicted octanol–water partition coefficient (Wildman–Crippen LogP) is 2.64. The highest BCUT2D eigenvalue weighted by atomic mass is 35.5. The Morgan fingerprint density at radius 3 is 2.72 bits per heavy atom. The van der Waals surface area contributed by atoms with Gasteiger partial charge < -0.3 is 24.0 Å². The largest absolute Gasteiger partial charge is 0.490 e. The molecular formula is C22H26ClN3O5S. The second-order valence-electron chi connectivity index (χ2n) is 7.94. The third-order valence-corrected chi connectivity index (χ3v) is 6.76. The van der Waals surface area contributed by atoms with E-state index in [1.807, 2.05) is 6.92 Å². The average Bonchev–Trinajstić information content (AvgIpc) is 3.24. The fourth-order valence-corrected chi connectivity index (χ4v) is 4.84. The van der Waals surface area contributed by atoms with Crippen molar-refractivity contribution in [3.63, 3.8) is 0 Å². The smallest absolute Gasteiger partial charge is 0.266 e. The minimum absolute atomic E-state index is 0.0359. The predicted molar refractivity (Wildman–Crippen MR) is 120 cm³/mol. The van der Waals surface area contributed by atoms with Crippen LogP contribution in [0, 0.1) is 6.92 Å². The summed E-state index contributed by atoms with van der Waals surface area (Å²) in [5.41, 5.74) is 1.40. The average molecular weight is 480 g/mol. The van der Waals surface area contributed by atoms with Crippen molar-refractivity contribution in [3.8, 4) is 5.75 Å². The van der Waals surface area contributed by atoms with Crippen LogP contribution >= 0.6 is 22.9 Å². The Bertz CT molecular complexity index is 965. The number of carbonyl (C=O) groups excluding carboxylic acids is 2. The normalized spacial score (nSPS) is 21.4. The Balaban J connectivity index is 1.53. The standard InChI is InChI=1S/C22H26ClN3O5S/c1-16-20(32-15-24-16)21(28)26-7-10-31-22(13-26,12-19(27)25-5-8-29-9-6-25)14-30-18-4-2-3-17(23)11-18/h2-4,11,15H,5-10,12-14H2,1H3. The molecule has 0 spiro atoms. The van der Waals surface area contributed by atoms with Crippen LogP contribution in [0.25, 0.3) is 0 Å². The minimum atomic E-state index is -0.968. The van der Waals surface area contributed by atoms with Crippen molar-refractivity contribution < 1.29 is 23.8 Å². The van der Waals surface area contributed by atoms with Gasteiger partial charge >= 0.3 is 0 Å². The molecule has 1 atom stereocenters. The van der Waals surface area contributed by atoms with Gasteiger partial charge in [0.05, 0.1) is 44.0 Å². The van der Waals surface area contributed by atoms with E-state index in [4.69, 9.17) is 25.8 Å². The van der Waals surface area contributed by atoms with Crippen molar-refractivity contribution in [2.75, 3.05) is 52.6 Å². The molecule has 0 radical (unpaired) electrons. The molecule has 2 fully saturated rings.